The van der Waals surface area contributed by atoms with Crippen LogP contribution in [-0.4, -0.2) is 24.5 Å². The minimum absolute atomic E-state index is 0.397. The first-order valence-electron chi connectivity index (χ1n) is 7.65. The molecule has 2 heteroatoms. The molecule has 0 saturated carbocycles. The van der Waals surface area contributed by atoms with Crippen LogP contribution in [0.15, 0.2) is 24.3 Å². The van der Waals surface area contributed by atoms with Gasteiger partial charge in [0.15, 0.2) is 0 Å². The van der Waals surface area contributed by atoms with Gasteiger partial charge in [-0.1, -0.05) is 45.0 Å². The summed E-state index contributed by atoms with van der Waals surface area (Å²) < 4.78 is 0. The van der Waals surface area contributed by atoms with Crippen LogP contribution in [-0.2, 0) is 0 Å². The van der Waals surface area contributed by atoms with Crippen molar-refractivity contribution in [2.24, 2.45) is 11.7 Å². The molecule has 1 aromatic carbocycles. The molecule has 0 bridgehead atoms. The molecule has 2 N–H and O–H groups in total. The molecule has 0 radical (unpaired) electrons. The summed E-state index contributed by atoms with van der Waals surface area (Å²) >= 11 is 0. The third kappa shape index (κ3) is 3.58. The van der Waals surface area contributed by atoms with Gasteiger partial charge in [-0.2, -0.15) is 0 Å². The molecule has 1 atom stereocenters. The van der Waals surface area contributed by atoms with Crippen molar-refractivity contribution in [1.29, 1.82) is 0 Å². The third-order valence-electron chi connectivity index (χ3n) is 4.47. The quantitative estimate of drug-likeness (QED) is 0.897. The van der Waals surface area contributed by atoms with Gasteiger partial charge in [0.25, 0.3) is 0 Å². The van der Waals surface area contributed by atoms with Gasteiger partial charge in [0.05, 0.1) is 0 Å². The number of piperidine rings is 1. The van der Waals surface area contributed by atoms with E-state index in [0.717, 1.165) is 12.5 Å². The second kappa shape index (κ2) is 6.53. The van der Waals surface area contributed by atoms with Crippen LogP contribution in [0, 0.1) is 5.92 Å². The van der Waals surface area contributed by atoms with Crippen LogP contribution in [0.4, 0.5) is 0 Å². The van der Waals surface area contributed by atoms with Crippen molar-refractivity contribution in [3.05, 3.63) is 35.4 Å². The second-order valence-corrected chi connectivity index (χ2v) is 6.29. The van der Waals surface area contributed by atoms with Gasteiger partial charge in [0.1, 0.15) is 0 Å². The number of benzene rings is 1. The van der Waals surface area contributed by atoms with E-state index in [1.807, 2.05) is 0 Å². The largest absolute Gasteiger partial charge is 0.329 e. The zero-order valence-electron chi connectivity index (χ0n) is 12.6. The van der Waals surface area contributed by atoms with Gasteiger partial charge in [0.2, 0.25) is 0 Å². The number of nitrogens with zero attached hydrogens (tertiary/aromatic N) is 1. The Morgan fingerprint density at radius 3 is 2.11 bits per heavy atom. The summed E-state index contributed by atoms with van der Waals surface area (Å²) in [6.45, 7) is 9.93. The molecule has 1 fully saturated rings. The summed E-state index contributed by atoms with van der Waals surface area (Å²) in [5.41, 5.74) is 8.81. The van der Waals surface area contributed by atoms with Crippen LogP contribution in [0.3, 0.4) is 0 Å². The van der Waals surface area contributed by atoms with Crippen molar-refractivity contribution >= 4 is 0 Å². The predicted molar refractivity (Wildman–Crippen MR) is 82.3 cm³/mol. The fraction of sp³-hybridized carbons (Fsp3) is 0.647. The van der Waals surface area contributed by atoms with E-state index in [4.69, 9.17) is 5.73 Å². The highest BCUT2D eigenvalue weighted by molar-refractivity contribution is 5.27. The summed E-state index contributed by atoms with van der Waals surface area (Å²) in [5, 5.41) is 0. The van der Waals surface area contributed by atoms with Crippen LogP contribution in [0.1, 0.15) is 56.7 Å². The smallest absolute Gasteiger partial charge is 0.0470 e. The summed E-state index contributed by atoms with van der Waals surface area (Å²) in [4.78, 5) is 2.56. The highest BCUT2D eigenvalue weighted by atomic mass is 15.2. The highest BCUT2D eigenvalue weighted by Crippen LogP contribution is 2.27. The number of hydrogen-bond acceptors (Lipinski definition) is 2. The Bertz CT molecular complexity index is 375. The van der Waals surface area contributed by atoms with E-state index in [9.17, 15) is 0 Å². The topological polar surface area (TPSA) is 29.3 Å². The van der Waals surface area contributed by atoms with Crippen LogP contribution in [0.25, 0.3) is 0 Å². The number of rotatable bonds is 4. The molecule has 0 aliphatic carbocycles. The fourth-order valence-corrected chi connectivity index (χ4v) is 2.94. The molecule has 1 aliphatic heterocycles. The first-order valence-corrected chi connectivity index (χ1v) is 7.65. The zero-order valence-corrected chi connectivity index (χ0v) is 12.6. The van der Waals surface area contributed by atoms with Gasteiger partial charge in [-0.15, -0.1) is 0 Å². The molecule has 1 unspecified atom stereocenters. The summed E-state index contributed by atoms with van der Waals surface area (Å²) in [6.07, 6.45) is 2.61. The van der Waals surface area contributed by atoms with E-state index in [2.05, 4.69) is 49.9 Å². The molecule has 0 aromatic heterocycles. The Hall–Kier alpha value is -0.860. The van der Waals surface area contributed by atoms with E-state index in [0.29, 0.717) is 12.0 Å². The minimum Gasteiger partial charge on any atom is -0.329 e. The lowest BCUT2D eigenvalue weighted by Gasteiger charge is -2.36. The van der Waals surface area contributed by atoms with Gasteiger partial charge in [0, 0.05) is 12.6 Å². The van der Waals surface area contributed by atoms with Crippen molar-refractivity contribution in [3.63, 3.8) is 0 Å². The van der Waals surface area contributed by atoms with Crippen LogP contribution in [0.5, 0.6) is 0 Å². The Labute approximate surface area is 118 Å². The average molecular weight is 260 g/mol. The lowest BCUT2D eigenvalue weighted by atomic mass is 9.94. The third-order valence-corrected chi connectivity index (χ3v) is 4.47. The monoisotopic (exact) mass is 260 g/mol. The standard InChI is InChI=1S/C17H28N2/c1-13(2)15-4-6-16(7-5-15)17(12-18)19-10-8-14(3)9-11-19/h4-7,13-14,17H,8-12,18H2,1-3H3. The average Bonchev–Trinajstić information content (AvgIpc) is 2.42. The predicted octanol–water partition coefficient (Wildman–Crippen LogP) is 3.54. The van der Waals surface area contributed by atoms with Crippen molar-refractivity contribution in [2.45, 2.75) is 45.6 Å². The summed E-state index contributed by atoms with van der Waals surface area (Å²) in [6, 6.07) is 9.45. The van der Waals surface area contributed by atoms with Gasteiger partial charge >= 0.3 is 0 Å². The SMILES string of the molecule is CC1CCN(C(CN)c2ccc(C(C)C)cc2)CC1. The first kappa shape index (κ1) is 14.5. The molecule has 1 saturated heterocycles. The van der Waals surface area contributed by atoms with Crippen molar-refractivity contribution in [3.8, 4) is 0 Å². The summed E-state index contributed by atoms with van der Waals surface area (Å²) in [7, 11) is 0. The second-order valence-electron chi connectivity index (χ2n) is 6.29. The molecule has 0 amide bonds. The molecule has 1 heterocycles. The van der Waals surface area contributed by atoms with Crippen molar-refractivity contribution < 1.29 is 0 Å². The molecule has 106 valence electrons. The Morgan fingerprint density at radius 1 is 1.11 bits per heavy atom. The Morgan fingerprint density at radius 2 is 1.63 bits per heavy atom. The van der Waals surface area contributed by atoms with Crippen molar-refractivity contribution in [2.75, 3.05) is 19.6 Å². The fourth-order valence-electron chi connectivity index (χ4n) is 2.94. The molecule has 0 spiro atoms. The molecule has 1 aliphatic rings. The number of nitrogens with two attached hydrogens (primary N) is 1. The molecular formula is C17H28N2. The lowest BCUT2D eigenvalue weighted by molar-refractivity contribution is 0.141. The minimum atomic E-state index is 0.397. The maximum atomic E-state index is 6.03. The van der Waals surface area contributed by atoms with E-state index >= 15 is 0 Å². The molecule has 19 heavy (non-hydrogen) atoms. The van der Waals surface area contributed by atoms with Gasteiger partial charge in [-0.05, 0) is 48.9 Å². The molecular weight excluding hydrogens is 232 g/mol. The van der Waals surface area contributed by atoms with E-state index in [-0.39, 0.29) is 0 Å². The normalized spacial score (nSPS) is 19.8. The molecule has 2 rings (SSSR count). The van der Waals surface area contributed by atoms with E-state index < -0.39 is 0 Å². The van der Waals surface area contributed by atoms with Gasteiger partial charge in [-0.25, -0.2) is 0 Å². The first-order chi connectivity index (χ1) is 9.11. The van der Waals surface area contributed by atoms with Crippen LogP contribution >= 0.6 is 0 Å². The van der Waals surface area contributed by atoms with E-state index in [1.165, 1.54) is 37.1 Å². The Balaban J connectivity index is 2.08. The Kier molecular flexibility index (Phi) is 5.00. The highest BCUT2D eigenvalue weighted by Gasteiger charge is 2.23. The van der Waals surface area contributed by atoms with E-state index in [1.54, 1.807) is 0 Å². The zero-order chi connectivity index (χ0) is 13.8. The van der Waals surface area contributed by atoms with Gasteiger partial charge in [-0.3, -0.25) is 4.90 Å². The van der Waals surface area contributed by atoms with Crippen LogP contribution < -0.4 is 5.73 Å². The maximum Gasteiger partial charge on any atom is 0.0470 e. The number of hydrogen-bond donors (Lipinski definition) is 1. The molecule has 2 nitrogen and oxygen atoms in total. The van der Waals surface area contributed by atoms with Crippen LogP contribution in [0.2, 0.25) is 0 Å². The summed E-state index contributed by atoms with van der Waals surface area (Å²) in [5.74, 6) is 1.47. The maximum absolute atomic E-state index is 6.03. The molecule has 1 aromatic rings. The number of likely N-dealkylation sites (tertiary alicyclic amines) is 1. The van der Waals surface area contributed by atoms with Crippen molar-refractivity contribution in [1.82, 2.24) is 4.90 Å². The van der Waals surface area contributed by atoms with Gasteiger partial charge < -0.3 is 5.73 Å². The lowest BCUT2D eigenvalue weighted by Crippen LogP contribution is -2.39.